The summed E-state index contributed by atoms with van der Waals surface area (Å²) in [5.41, 5.74) is 6.34. The van der Waals surface area contributed by atoms with E-state index >= 15 is 9.59 Å². The molecule has 29 heteroatoms. The van der Waals surface area contributed by atoms with E-state index < -0.39 is 197 Å². The Morgan fingerprint density at radius 3 is 1.74 bits per heavy atom. The first-order valence-corrected chi connectivity index (χ1v) is 37.7. The lowest BCUT2D eigenvalue weighted by atomic mass is 9.88. The van der Waals surface area contributed by atoms with Crippen molar-refractivity contribution >= 4 is 82.6 Å². The normalized spacial score (nSPS) is 22.6. The Kier molecular flexibility index (Phi) is 38.0. The second-order valence-electron chi connectivity index (χ2n) is 30.5. The van der Waals surface area contributed by atoms with Gasteiger partial charge < -0.3 is 79.0 Å². The monoisotopic (exact) mass is 1480 g/mol. The molecule has 105 heavy (non-hydrogen) atoms. The van der Waals surface area contributed by atoms with E-state index in [-0.39, 0.29) is 69.0 Å². The number of carbonyl (C=O) groups is 14. The first-order chi connectivity index (χ1) is 49.2. The molecule has 12 amide bonds. The molecule has 2 aliphatic heterocycles. The molecule has 1 aromatic rings. The van der Waals surface area contributed by atoms with Crippen LogP contribution in [0, 0.1) is 53.3 Å². The zero-order chi connectivity index (χ0) is 79.4. The van der Waals surface area contributed by atoms with Gasteiger partial charge in [-0.05, 0) is 112 Å². The summed E-state index contributed by atoms with van der Waals surface area (Å²) >= 11 is 0. The Hall–Kier alpha value is -8.34. The van der Waals surface area contributed by atoms with Crippen LogP contribution in [0.1, 0.15) is 201 Å². The van der Waals surface area contributed by atoms with Gasteiger partial charge in [-0.1, -0.05) is 166 Å². The van der Waals surface area contributed by atoms with E-state index in [1.807, 2.05) is 0 Å². The number of Topliss-reactive ketones (excluding diaryl/α,β-unsaturated/α-hetero) is 2. The smallest absolute Gasteiger partial charge is 0.329 e. The van der Waals surface area contributed by atoms with Crippen molar-refractivity contribution in [3.63, 3.8) is 0 Å². The van der Waals surface area contributed by atoms with Gasteiger partial charge in [0.05, 0.1) is 18.2 Å². The summed E-state index contributed by atoms with van der Waals surface area (Å²) in [5.74, 6) is -14.5. The van der Waals surface area contributed by atoms with Gasteiger partial charge in [0, 0.05) is 31.7 Å². The zero-order valence-corrected chi connectivity index (χ0v) is 65.5. The summed E-state index contributed by atoms with van der Waals surface area (Å²) in [6.07, 6.45) is 1.24. The molecule has 5 unspecified atom stereocenters. The first-order valence-electron chi connectivity index (χ1n) is 37.7. The third kappa shape index (κ3) is 27.8. The Morgan fingerprint density at radius 1 is 0.629 bits per heavy atom. The summed E-state index contributed by atoms with van der Waals surface area (Å²) in [6.45, 7) is 32.0. The van der Waals surface area contributed by atoms with E-state index in [4.69, 9.17) is 10.5 Å². The number of allylic oxidation sites excluding steroid dienone is 1. The van der Waals surface area contributed by atoms with Crippen molar-refractivity contribution in [2.24, 2.45) is 59.0 Å². The van der Waals surface area contributed by atoms with Crippen LogP contribution < -0.4 is 64.2 Å². The highest BCUT2D eigenvalue weighted by Gasteiger charge is 2.45. The standard InChI is InChI=1S/C76H125N13O16/c1-20-45(16)60(72(100)88-63-48(19)105-75(103)59(44(14)15)84-66(94)52(22-3)78-68(96)54(37-49-30-24-23-25-31-49)79-69(97)57(42(10)11)82-71(99)61(46(17)21-2)86-74(63)102)85-67(95)53(33-27-35-77)80-76(104)89-36-28-34-55(89)64(92)56(41(8)9)81-70(98)58(43(12)13)83-73(101)62(47(18)90)87-65(93)51(40(6)7)38-50(91)32-26-29-39(4)5/h22-25,30-31,39-48,51,53-63,90H,20-21,26-29,32-38,77H2,1-19H3,(H,78,96)(H,79,97)(H,80,104)(H,81,98)(H,82,99)(H,83,101)(H,84,94)(H,85,95)(H,86,102)(H,87,93)(H,88,100)/b52-22-/t45?,46-,47?,48?,51+,53-,54?,55?,56-,57+,58+,59-,60+,61+,62-,63+/m0/s1. The van der Waals surface area contributed by atoms with E-state index in [0.29, 0.717) is 37.2 Å². The minimum atomic E-state index is -1.83. The molecule has 2 heterocycles. The highest BCUT2D eigenvalue weighted by molar-refractivity contribution is 6.03. The van der Waals surface area contributed by atoms with Crippen molar-refractivity contribution in [3.8, 4) is 0 Å². The summed E-state index contributed by atoms with van der Waals surface area (Å²) in [7, 11) is 0. The quantitative estimate of drug-likeness (QED) is 0.0346. The first kappa shape index (κ1) is 90.9. The number of rotatable bonds is 34. The molecule has 1 aromatic carbocycles. The van der Waals surface area contributed by atoms with Gasteiger partial charge in [-0.3, -0.25) is 57.5 Å². The van der Waals surface area contributed by atoms with Gasteiger partial charge in [0.2, 0.25) is 53.2 Å². The van der Waals surface area contributed by atoms with Crippen LogP contribution in [-0.2, 0) is 73.5 Å². The molecular weight excluding hydrogens is 1350 g/mol. The third-order valence-corrected chi connectivity index (χ3v) is 19.7. The molecule has 3 rings (SSSR count). The molecule has 590 valence electrons. The summed E-state index contributed by atoms with van der Waals surface area (Å²) in [6, 6.07) is -7.30. The summed E-state index contributed by atoms with van der Waals surface area (Å²) < 4.78 is 5.96. The number of hydrogen-bond donors (Lipinski definition) is 13. The fraction of sp³-hybridized carbons (Fsp3) is 0.711. The number of ether oxygens (including phenoxy) is 1. The molecule has 14 N–H and O–H groups in total. The van der Waals surface area contributed by atoms with Crippen LogP contribution in [0.2, 0.25) is 0 Å². The van der Waals surface area contributed by atoms with Crippen molar-refractivity contribution in [1.82, 2.24) is 63.4 Å². The van der Waals surface area contributed by atoms with E-state index in [1.54, 1.807) is 127 Å². The SMILES string of the molecule is C/C=C1\NC(=O)C(Cc2ccccc2)NC(=O)[C@@H](C(C)C)NC(=O)[C@@H]([C@@H](C)CC)NC(=O)[C@H](NC(=O)[C@H](NC(=O)[C@H](CCCN)NC(=O)N2CCCC2C(=O)[C@@H](NC(=O)[C@H](NC(=O)[C@@H](NC(=O)[C@H](CC(=O)CCCC(C)C)C(C)C)C(C)O)C(C)C)C(C)C)C(C)CC)C(C)OC(=O)[C@H](C(C)C)NC1=O. The summed E-state index contributed by atoms with van der Waals surface area (Å²) in [4.78, 5) is 202. The molecule has 0 bridgehead atoms. The molecule has 2 fully saturated rings. The number of urea groups is 1. The van der Waals surface area contributed by atoms with Gasteiger partial charge in [-0.15, -0.1) is 0 Å². The fourth-order valence-electron chi connectivity index (χ4n) is 12.4. The molecule has 0 spiro atoms. The average Bonchev–Trinajstić information content (AvgIpc) is 1.79. The van der Waals surface area contributed by atoms with Crippen LogP contribution in [0.15, 0.2) is 42.1 Å². The fourth-order valence-corrected chi connectivity index (χ4v) is 12.4. The van der Waals surface area contributed by atoms with Gasteiger partial charge in [-0.25, -0.2) is 9.59 Å². The van der Waals surface area contributed by atoms with E-state index in [1.165, 1.54) is 31.7 Å². The maximum absolute atomic E-state index is 15.0. The Bertz CT molecular complexity index is 3160. The number of nitrogens with one attached hydrogen (secondary N) is 11. The highest BCUT2D eigenvalue weighted by Crippen LogP contribution is 2.25. The predicted octanol–water partition coefficient (Wildman–Crippen LogP) is 3.56. The molecule has 0 saturated carbocycles. The molecule has 29 nitrogen and oxygen atoms in total. The molecule has 2 aliphatic rings. The number of likely N-dealkylation sites (tertiary alicyclic amines) is 1. The number of benzene rings is 1. The molecule has 0 aliphatic carbocycles. The zero-order valence-electron chi connectivity index (χ0n) is 65.5. The number of nitrogens with zero attached hydrogens (tertiary/aromatic N) is 1. The van der Waals surface area contributed by atoms with Gasteiger partial charge in [0.1, 0.15) is 72.0 Å². The second-order valence-corrected chi connectivity index (χ2v) is 30.5. The van der Waals surface area contributed by atoms with Crippen LogP contribution in [0.3, 0.4) is 0 Å². The van der Waals surface area contributed by atoms with Crippen molar-refractivity contribution in [2.75, 3.05) is 13.1 Å². The number of carbonyl (C=O) groups excluding carboxylic acids is 14. The number of esters is 1. The average molecular weight is 1480 g/mol. The largest absolute Gasteiger partial charge is 0.458 e. The molecule has 16 atom stereocenters. The Balaban J connectivity index is 2.00. The number of hydrogen-bond acceptors (Lipinski definition) is 17. The summed E-state index contributed by atoms with van der Waals surface area (Å²) in [5, 5.41) is 40.5. The van der Waals surface area contributed by atoms with Crippen LogP contribution in [0.4, 0.5) is 4.79 Å². The lowest BCUT2D eigenvalue weighted by Crippen LogP contribution is -2.64. The Labute approximate surface area is 621 Å². The van der Waals surface area contributed by atoms with Gasteiger partial charge in [0.25, 0.3) is 5.91 Å². The predicted molar refractivity (Wildman–Crippen MR) is 397 cm³/mol. The second kappa shape index (κ2) is 43.9. The van der Waals surface area contributed by atoms with Crippen molar-refractivity contribution in [2.45, 2.75) is 281 Å². The maximum Gasteiger partial charge on any atom is 0.329 e. The minimum Gasteiger partial charge on any atom is -0.458 e. The minimum absolute atomic E-state index is 0.0347. The molecule has 0 radical (unpaired) electrons. The number of amides is 12. The topological polar surface area (TPSA) is 430 Å². The molecular formula is C76H125N13O16. The van der Waals surface area contributed by atoms with Crippen LogP contribution in [0.25, 0.3) is 0 Å². The van der Waals surface area contributed by atoms with Gasteiger partial charge in [0.15, 0.2) is 5.78 Å². The molecule has 2 saturated heterocycles. The number of aliphatic hydroxyl groups is 1. The third-order valence-electron chi connectivity index (χ3n) is 19.7. The highest BCUT2D eigenvalue weighted by atomic mass is 16.5. The van der Waals surface area contributed by atoms with E-state index in [2.05, 4.69) is 72.3 Å². The van der Waals surface area contributed by atoms with Crippen molar-refractivity contribution in [3.05, 3.63) is 47.7 Å². The number of cyclic esters (lactones) is 1. The maximum atomic E-state index is 15.0. The van der Waals surface area contributed by atoms with Crippen molar-refractivity contribution in [1.29, 1.82) is 0 Å². The van der Waals surface area contributed by atoms with Crippen molar-refractivity contribution < 1.29 is 77.0 Å². The molecule has 0 aromatic heterocycles. The van der Waals surface area contributed by atoms with Crippen LogP contribution in [0.5, 0.6) is 0 Å². The van der Waals surface area contributed by atoms with Gasteiger partial charge in [-0.2, -0.15) is 0 Å². The van der Waals surface area contributed by atoms with Gasteiger partial charge >= 0.3 is 12.0 Å². The lowest BCUT2D eigenvalue weighted by molar-refractivity contribution is -0.157. The van der Waals surface area contributed by atoms with E-state index in [9.17, 15) is 62.6 Å². The number of aliphatic hydroxyl groups excluding tert-OH is 1. The van der Waals surface area contributed by atoms with Crippen LogP contribution >= 0.6 is 0 Å². The van der Waals surface area contributed by atoms with E-state index in [0.717, 1.165) is 6.42 Å². The van der Waals surface area contributed by atoms with Crippen LogP contribution in [-0.4, -0.2) is 184 Å². The Morgan fingerprint density at radius 2 is 1.20 bits per heavy atom. The number of ketones is 2. The lowest BCUT2D eigenvalue weighted by Gasteiger charge is -2.33. The number of nitrogens with two attached hydrogens (primary N) is 1.